The zero-order valence-corrected chi connectivity index (χ0v) is 31.3. The summed E-state index contributed by atoms with van der Waals surface area (Å²) < 4.78 is 5.41. The van der Waals surface area contributed by atoms with Crippen LogP contribution in [0.5, 0.6) is 11.5 Å². The predicted octanol–water partition coefficient (Wildman–Crippen LogP) is 6.77. The monoisotopic (exact) mass is 696 g/mol. The lowest BCUT2D eigenvalue weighted by atomic mass is 10.0. The summed E-state index contributed by atoms with van der Waals surface area (Å²) >= 11 is 0. The van der Waals surface area contributed by atoms with E-state index >= 15 is 0 Å². The molecule has 1 atom stereocenters. The number of carbonyl (C=O) groups is 2. The molecule has 6 N–H and O–H groups in total. The number of ether oxygens (including phenoxy) is 1. The second-order valence-corrected chi connectivity index (χ2v) is 13.5. The number of para-hydroxylation sites is 1. The fourth-order valence-electron chi connectivity index (χ4n) is 6.02. The molecular weight excluding hydrogens is 626 g/mol. The lowest BCUT2D eigenvalue weighted by molar-refractivity contribution is -0.129. The van der Waals surface area contributed by atoms with Gasteiger partial charge in [0.05, 0.1) is 7.11 Å². The number of phenolic OH excluding ortho intramolecular Hbond substituents is 1. The van der Waals surface area contributed by atoms with Crippen LogP contribution in [-0.2, 0) is 22.6 Å². The summed E-state index contributed by atoms with van der Waals surface area (Å²) in [5, 5.41) is 26.1. The van der Waals surface area contributed by atoms with Gasteiger partial charge in [-0.2, -0.15) is 0 Å². The topological polar surface area (TPSA) is 124 Å². The summed E-state index contributed by atoms with van der Waals surface area (Å²) in [6.45, 7) is 8.92. The van der Waals surface area contributed by atoms with Gasteiger partial charge in [0.2, 0.25) is 11.8 Å². The van der Waals surface area contributed by atoms with E-state index in [4.69, 9.17) is 4.74 Å². The largest absolute Gasteiger partial charge is 0.508 e. The van der Waals surface area contributed by atoms with Gasteiger partial charge in [0.15, 0.2) is 0 Å². The van der Waals surface area contributed by atoms with Gasteiger partial charge in [0.25, 0.3) is 0 Å². The maximum Gasteiger partial charge on any atom is 0.242 e. The van der Waals surface area contributed by atoms with Gasteiger partial charge in [-0.1, -0.05) is 88.6 Å². The van der Waals surface area contributed by atoms with Gasteiger partial charge in [0, 0.05) is 31.5 Å². The average Bonchev–Trinajstić information content (AvgIpc) is 3.12. The van der Waals surface area contributed by atoms with E-state index in [9.17, 15) is 14.7 Å². The average molecular weight is 696 g/mol. The van der Waals surface area contributed by atoms with Crippen LogP contribution in [0, 0.1) is 0 Å². The Bertz CT molecular complexity index is 1130. The molecule has 0 aromatic heterocycles. The van der Waals surface area contributed by atoms with Crippen molar-refractivity contribution in [2.45, 2.75) is 129 Å². The molecule has 2 aromatic carbocycles. The molecule has 9 heteroatoms. The molecule has 0 saturated carbocycles. The second kappa shape index (κ2) is 29.6. The van der Waals surface area contributed by atoms with Gasteiger partial charge >= 0.3 is 0 Å². The van der Waals surface area contributed by atoms with Crippen molar-refractivity contribution in [3.63, 3.8) is 0 Å². The van der Waals surface area contributed by atoms with E-state index in [1.165, 1.54) is 69.8 Å². The molecule has 282 valence electrons. The van der Waals surface area contributed by atoms with E-state index in [0.717, 1.165) is 82.7 Å². The Labute approximate surface area is 303 Å². The van der Waals surface area contributed by atoms with Crippen molar-refractivity contribution in [3.8, 4) is 11.5 Å². The van der Waals surface area contributed by atoms with E-state index in [0.29, 0.717) is 19.4 Å². The van der Waals surface area contributed by atoms with Gasteiger partial charge in [0.1, 0.15) is 17.5 Å². The van der Waals surface area contributed by atoms with Crippen LogP contribution < -0.4 is 31.3 Å². The van der Waals surface area contributed by atoms with Crippen LogP contribution in [-0.4, -0.2) is 69.3 Å². The highest BCUT2D eigenvalue weighted by Crippen LogP contribution is 2.17. The molecule has 0 aliphatic rings. The van der Waals surface area contributed by atoms with Gasteiger partial charge in [-0.25, -0.2) is 0 Å². The standard InChI is InChI=1S/C41H69N5O4/c1-3-20-40(48)46-38(33-35-23-25-37(47)26-24-35)41(49)45-32-19-11-10-17-30-43-28-15-7-5-4-6-14-27-42-29-16-8-9-18-31-44-34-36-21-12-13-22-39(36)50-2/h12-13,21-26,38,42-44,47H,3-11,14-20,27-34H2,1-2H3,(H,45,49)(H,46,48)/t38-/m0/s1. The third-order valence-electron chi connectivity index (χ3n) is 9.01. The van der Waals surface area contributed by atoms with Crippen LogP contribution in [0.2, 0.25) is 0 Å². The van der Waals surface area contributed by atoms with Crippen molar-refractivity contribution in [1.29, 1.82) is 0 Å². The number of nitrogens with one attached hydrogen (secondary N) is 5. The number of hydrogen-bond donors (Lipinski definition) is 6. The molecule has 0 heterocycles. The minimum absolute atomic E-state index is 0.110. The molecule has 0 radical (unpaired) electrons. The first kappa shape index (κ1) is 43.0. The highest BCUT2D eigenvalue weighted by Gasteiger charge is 2.20. The number of benzene rings is 2. The van der Waals surface area contributed by atoms with Crippen LogP contribution in [0.1, 0.15) is 121 Å². The van der Waals surface area contributed by atoms with Crippen molar-refractivity contribution < 1.29 is 19.4 Å². The maximum absolute atomic E-state index is 12.8. The Hall–Kier alpha value is -3.14. The molecule has 50 heavy (non-hydrogen) atoms. The fourth-order valence-corrected chi connectivity index (χ4v) is 6.02. The van der Waals surface area contributed by atoms with Crippen LogP contribution in [0.4, 0.5) is 0 Å². The molecule has 0 unspecified atom stereocenters. The molecule has 9 nitrogen and oxygen atoms in total. The molecule has 0 spiro atoms. The maximum atomic E-state index is 12.8. The minimum atomic E-state index is -0.610. The van der Waals surface area contributed by atoms with Crippen LogP contribution in [0.15, 0.2) is 48.5 Å². The lowest BCUT2D eigenvalue weighted by Gasteiger charge is -2.19. The molecular formula is C41H69N5O4. The number of unbranched alkanes of at least 4 members (excludes halogenated alkanes) is 11. The molecule has 0 aliphatic carbocycles. The Balaban J connectivity index is 1.31. The van der Waals surface area contributed by atoms with Crippen molar-refractivity contribution in [2.75, 3.05) is 46.4 Å². The normalized spacial score (nSPS) is 11.7. The molecule has 2 rings (SSSR count). The second-order valence-electron chi connectivity index (χ2n) is 13.5. The molecule has 0 saturated heterocycles. The first-order valence-electron chi connectivity index (χ1n) is 19.6. The van der Waals surface area contributed by atoms with Gasteiger partial charge < -0.3 is 36.4 Å². The van der Waals surface area contributed by atoms with Crippen LogP contribution >= 0.6 is 0 Å². The van der Waals surface area contributed by atoms with Crippen molar-refractivity contribution >= 4 is 11.8 Å². The summed E-state index contributed by atoms with van der Waals surface area (Å²) in [7, 11) is 1.73. The van der Waals surface area contributed by atoms with Gasteiger partial charge in [-0.05, 0) is 101 Å². The number of hydrogen-bond acceptors (Lipinski definition) is 7. The molecule has 2 amide bonds. The fraction of sp³-hybridized carbons (Fsp3) is 0.659. The number of amides is 2. The predicted molar refractivity (Wildman–Crippen MR) is 207 cm³/mol. The summed E-state index contributed by atoms with van der Waals surface area (Å²) in [4.78, 5) is 25.0. The van der Waals surface area contributed by atoms with E-state index in [1.54, 1.807) is 31.4 Å². The number of methoxy groups -OCH3 is 1. The summed E-state index contributed by atoms with van der Waals surface area (Å²) in [6.07, 6.45) is 18.7. The highest BCUT2D eigenvalue weighted by atomic mass is 16.5. The van der Waals surface area contributed by atoms with E-state index in [1.807, 2.05) is 19.1 Å². The first-order chi connectivity index (χ1) is 24.5. The number of rotatable bonds is 32. The number of aromatic hydroxyl groups is 1. The highest BCUT2D eigenvalue weighted by molar-refractivity contribution is 5.87. The van der Waals surface area contributed by atoms with Crippen LogP contribution in [0.3, 0.4) is 0 Å². The Kier molecular flexibility index (Phi) is 25.5. The van der Waals surface area contributed by atoms with E-state index in [-0.39, 0.29) is 17.6 Å². The molecule has 0 fully saturated rings. The third-order valence-corrected chi connectivity index (χ3v) is 9.01. The molecule has 0 bridgehead atoms. The molecule has 0 aliphatic heterocycles. The zero-order chi connectivity index (χ0) is 35.9. The van der Waals surface area contributed by atoms with Gasteiger partial charge in [-0.15, -0.1) is 0 Å². The Morgan fingerprint density at radius 1 is 0.660 bits per heavy atom. The Morgan fingerprint density at radius 2 is 1.16 bits per heavy atom. The zero-order valence-electron chi connectivity index (χ0n) is 31.3. The molecule has 2 aromatic rings. The number of phenols is 1. The third kappa shape index (κ3) is 21.8. The van der Waals surface area contributed by atoms with Gasteiger partial charge in [-0.3, -0.25) is 9.59 Å². The van der Waals surface area contributed by atoms with Crippen molar-refractivity contribution in [2.24, 2.45) is 0 Å². The number of carbonyl (C=O) groups excluding carboxylic acids is 2. The van der Waals surface area contributed by atoms with Crippen molar-refractivity contribution in [3.05, 3.63) is 59.7 Å². The van der Waals surface area contributed by atoms with Crippen LogP contribution in [0.25, 0.3) is 0 Å². The first-order valence-corrected chi connectivity index (χ1v) is 19.6. The summed E-state index contributed by atoms with van der Waals surface area (Å²) in [5.74, 6) is 0.887. The van der Waals surface area contributed by atoms with E-state index < -0.39 is 6.04 Å². The lowest BCUT2D eigenvalue weighted by Crippen LogP contribution is -2.48. The summed E-state index contributed by atoms with van der Waals surface area (Å²) in [6, 6.07) is 14.4. The Morgan fingerprint density at radius 3 is 1.70 bits per heavy atom. The summed E-state index contributed by atoms with van der Waals surface area (Å²) in [5.41, 5.74) is 2.12. The SMILES string of the molecule is CCCC(=O)N[C@@H](Cc1ccc(O)cc1)C(=O)NCCCCCCNCCCCCCCCNCCCCCCNCc1ccccc1OC. The smallest absolute Gasteiger partial charge is 0.242 e. The van der Waals surface area contributed by atoms with Crippen molar-refractivity contribution in [1.82, 2.24) is 26.6 Å². The van der Waals surface area contributed by atoms with E-state index in [2.05, 4.69) is 38.7 Å². The minimum Gasteiger partial charge on any atom is -0.508 e. The quantitative estimate of drug-likeness (QED) is 0.0467.